The summed E-state index contributed by atoms with van der Waals surface area (Å²) >= 11 is 0. The SMILES string of the molecule is O=C(O)N1C[C@H](CF)[C@@H](O)C1. The third-order valence-electron chi connectivity index (χ3n) is 1.88. The van der Waals surface area contributed by atoms with Gasteiger partial charge >= 0.3 is 6.09 Å². The minimum absolute atomic E-state index is 0.0317. The first kappa shape index (κ1) is 8.26. The lowest BCUT2D eigenvalue weighted by molar-refractivity contribution is 0.123. The quantitative estimate of drug-likeness (QED) is 0.568. The lowest BCUT2D eigenvalue weighted by atomic mass is 10.1. The van der Waals surface area contributed by atoms with Crippen LogP contribution in [0.5, 0.6) is 0 Å². The number of likely N-dealkylation sites (tertiary alicyclic amines) is 1. The second-order valence-corrected chi connectivity index (χ2v) is 2.67. The summed E-state index contributed by atoms with van der Waals surface area (Å²) in [5.74, 6) is -0.536. The molecule has 1 aliphatic rings. The Kier molecular flexibility index (Phi) is 2.28. The molecule has 0 radical (unpaired) electrons. The van der Waals surface area contributed by atoms with Gasteiger partial charge in [-0.25, -0.2) is 4.79 Å². The van der Waals surface area contributed by atoms with E-state index in [0.717, 1.165) is 4.90 Å². The Bertz CT molecular complexity index is 164. The summed E-state index contributed by atoms with van der Waals surface area (Å²) < 4.78 is 12.0. The molecule has 0 spiro atoms. The van der Waals surface area contributed by atoms with E-state index in [4.69, 9.17) is 10.2 Å². The average Bonchev–Trinajstić information content (AvgIpc) is 2.31. The van der Waals surface area contributed by atoms with Crippen LogP contribution in [0.4, 0.5) is 9.18 Å². The molecule has 11 heavy (non-hydrogen) atoms. The topological polar surface area (TPSA) is 60.8 Å². The van der Waals surface area contributed by atoms with Crippen molar-refractivity contribution in [2.45, 2.75) is 6.10 Å². The molecular weight excluding hydrogens is 153 g/mol. The van der Waals surface area contributed by atoms with Crippen molar-refractivity contribution in [1.29, 1.82) is 0 Å². The van der Waals surface area contributed by atoms with Crippen LogP contribution < -0.4 is 0 Å². The van der Waals surface area contributed by atoms with Gasteiger partial charge in [0.25, 0.3) is 0 Å². The van der Waals surface area contributed by atoms with Crippen molar-refractivity contribution in [3.05, 3.63) is 0 Å². The van der Waals surface area contributed by atoms with Gasteiger partial charge in [0.15, 0.2) is 0 Å². The van der Waals surface area contributed by atoms with E-state index in [1.807, 2.05) is 0 Å². The highest BCUT2D eigenvalue weighted by Crippen LogP contribution is 2.16. The van der Waals surface area contributed by atoms with Crippen molar-refractivity contribution in [1.82, 2.24) is 4.90 Å². The van der Waals surface area contributed by atoms with E-state index in [1.54, 1.807) is 0 Å². The van der Waals surface area contributed by atoms with Crippen LogP contribution in [0.15, 0.2) is 0 Å². The molecule has 5 heteroatoms. The number of amides is 1. The Balaban J connectivity index is 2.49. The Hall–Kier alpha value is -0.840. The fourth-order valence-electron chi connectivity index (χ4n) is 1.16. The van der Waals surface area contributed by atoms with E-state index >= 15 is 0 Å². The van der Waals surface area contributed by atoms with E-state index in [9.17, 15) is 9.18 Å². The van der Waals surface area contributed by atoms with Crippen LogP contribution in [0.25, 0.3) is 0 Å². The highest BCUT2D eigenvalue weighted by Gasteiger charge is 2.33. The first-order valence-corrected chi connectivity index (χ1v) is 3.37. The second-order valence-electron chi connectivity index (χ2n) is 2.67. The van der Waals surface area contributed by atoms with Crippen LogP contribution in [0.2, 0.25) is 0 Å². The van der Waals surface area contributed by atoms with Crippen molar-refractivity contribution in [3.8, 4) is 0 Å². The highest BCUT2D eigenvalue weighted by atomic mass is 19.1. The molecule has 1 rings (SSSR count). The fourth-order valence-corrected chi connectivity index (χ4v) is 1.16. The lowest BCUT2D eigenvalue weighted by Crippen LogP contribution is -2.27. The molecule has 0 aromatic rings. The van der Waals surface area contributed by atoms with Gasteiger partial charge in [-0.05, 0) is 0 Å². The van der Waals surface area contributed by atoms with Crippen molar-refractivity contribution in [3.63, 3.8) is 0 Å². The Morgan fingerprint density at radius 1 is 1.64 bits per heavy atom. The Morgan fingerprint density at radius 2 is 2.27 bits per heavy atom. The van der Waals surface area contributed by atoms with Gasteiger partial charge in [0.1, 0.15) is 0 Å². The summed E-state index contributed by atoms with van der Waals surface area (Å²) in [6.45, 7) is -0.526. The molecule has 0 unspecified atom stereocenters. The first-order chi connectivity index (χ1) is 5.15. The lowest BCUT2D eigenvalue weighted by Gasteiger charge is -2.08. The molecule has 1 fully saturated rings. The van der Waals surface area contributed by atoms with Gasteiger partial charge in [0, 0.05) is 12.5 Å². The largest absolute Gasteiger partial charge is 0.465 e. The molecule has 2 N–H and O–H groups in total. The molecule has 0 aromatic heterocycles. The predicted molar refractivity (Wildman–Crippen MR) is 35.1 cm³/mol. The zero-order valence-electron chi connectivity index (χ0n) is 5.90. The van der Waals surface area contributed by atoms with Crippen molar-refractivity contribution < 1.29 is 19.4 Å². The van der Waals surface area contributed by atoms with E-state index in [1.165, 1.54) is 0 Å². The standard InChI is InChI=1S/C6H10FNO3/c7-1-4-2-8(6(10)11)3-5(4)9/h4-5,9H,1-3H2,(H,10,11)/t4-,5-/m0/s1. The molecule has 1 saturated heterocycles. The molecule has 0 bridgehead atoms. The monoisotopic (exact) mass is 163 g/mol. The predicted octanol–water partition coefficient (Wildman–Crippen LogP) is -0.0734. The molecule has 0 aromatic carbocycles. The van der Waals surface area contributed by atoms with E-state index in [0.29, 0.717) is 0 Å². The molecule has 1 amide bonds. The van der Waals surface area contributed by atoms with Gasteiger partial charge in [-0.2, -0.15) is 0 Å². The highest BCUT2D eigenvalue weighted by molar-refractivity contribution is 5.65. The summed E-state index contributed by atoms with van der Waals surface area (Å²) in [6, 6.07) is 0. The number of hydrogen-bond acceptors (Lipinski definition) is 2. The van der Waals surface area contributed by atoms with Crippen LogP contribution >= 0.6 is 0 Å². The number of carbonyl (C=O) groups is 1. The third kappa shape index (κ3) is 1.59. The number of alkyl halides is 1. The van der Waals surface area contributed by atoms with Crippen molar-refractivity contribution in [2.24, 2.45) is 5.92 Å². The van der Waals surface area contributed by atoms with Gasteiger partial charge in [0.05, 0.1) is 19.3 Å². The van der Waals surface area contributed by atoms with E-state index < -0.39 is 24.8 Å². The maximum atomic E-state index is 12.0. The fraction of sp³-hybridized carbons (Fsp3) is 0.833. The smallest absolute Gasteiger partial charge is 0.407 e. The van der Waals surface area contributed by atoms with Gasteiger partial charge in [-0.15, -0.1) is 0 Å². The number of halogens is 1. The number of rotatable bonds is 1. The van der Waals surface area contributed by atoms with Crippen LogP contribution in [0.3, 0.4) is 0 Å². The summed E-state index contributed by atoms with van der Waals surface area (Å²) in [5.41, 5.74) is 0. The number of nitrogens with zero attached hydrogens (tertiary/aromatic N) is 1. The zero-order valence-corrected chi connectivity index (χ0v) is 5.90. The number of hydrogen-bond donors (Lipinski definition) is 2. The van der Waals surface area contributed by atoms with E-state index in [2.05, 4.69) is 0 Å². The van der Waals surface area contributed by atoms with Crippen LogP contribution in [0.1, 0.15) is 0 Å². The van der Waals surface area contributed by atoms with Gasteiger partial charge in [-0.1, -0.05) is 0 Å². The molecule has 1 aliphatic heterocycles. The number of aliphatic hydroxyl groups is 1. The summed E-state index contributed by atoms with van der Waals surface area (Å²) in [5, 5.41) is 17.5. The molecule has 64 valence electrons. The van der Waals surface area contributed by atoms with Gasteiger partial charge < -0.3 is 15.1 Å². The number of aliphatic hydroxyl groups excluding tert-OH is 1. The van der Waals surface area contributed by atoms with Crippen LogP contribution in [-0.2, 0) is 0 Å². The van der Waals surface area contributed by atoms with Crippen molar-refractivity contribution >= 4 is 6.09 Å². The third-order valence-corrected chi connectivity index (χ3v) is 1.88. The minimum atomic E-state index is -1.10. The molecule has 2 atom stereocenters. The number of β-amino-alcohol motifs (C(OH)–C–C–N with tert-alkyl or cyclic N) is 1. The molecule has 0 saturated carbocycles. The maximum absolute atomic E-state index is 12.0. The minimum Gasteiger partial charge on any atom is -0.465 e. The summed E-state index contributed by atoms with van der Waals surface area (Å²) in [7, 11) is 0. The molecule has 0 aliphatic carbocycles. The molecule has 4 nitrogen and oxygen atoms in total. The molecular formula is C6H10FNO3. The average molecular weight is 163 g/mol. The van der Waals surface area contributed by atoms with Crippen LogP contribution in [-0.4, -0.2) is 47.1 Å². The molecule has 1 heterocycles. The Labute approximate surface area is 63.2 Å². The second kappa shape index (κ2) is 3.04. The zero-order chi connectivity index (χ0) is 8.43. The normalized spacial score (nSPS) is 30.9. The Morgan fingerprint density at radius 3 is 2.55 bits per heavy atom. The van der Waals surface area contributed by atoms with Gasteiger partial charge in [0.2, 0.25) is 0 Å². The number of carboxylic acid groups (broad SMARTS) is 1. The van der Waals surface area contributed by atoms with Crippen molar-refractivity contribution in [2.75, 3.05) is 19.8 Å². The van der Waals surface area contributed by atoms with Gasteiger partial charge in [-0.3, -0.25) is 4.39 Å². The summed E-state index contributed by atoms with van der Waals surface area (Å²) in [4.78, 5) is 11.3. The maximum Gasteiger partial charge on any atom is 0.407 e. The van der Waals surface area contributed by atoms with E-state index in [-0.39, 0.29) is 13.1 Å². The first-order valence-electron chi connectivity index (χ1n) is 3.37. The van der Waals surface area contributed by atoms with Crippen LogP contribution in [0, 0.1) is 5.92 Å². The summed E-state index contributed by atoms with van der Waals surface area (Å²) in [6.07, 6.45) is -1.93.